The molecule has 1 saturated heterocycles. The molecule has 4 rings (SSSR count). The predicted octanol–water partition coefficient (Wildman–Crippen LogP) is 3.47. The van der Waals surface area contributed by atoms with Crippen molar-refractivity contribution < 1.29 is 14.0 Å². The number of hydrogen-bond acceptors (Lipinski definition) is 3. The van der Waals surface area contributed by atoms with E-state index in [1.165, 1.54) is 18.4 Å². The van der Waals surface area contributed by atoms with Crippen LogP contribution in [0.15, 0.2) is 53.1 Å². The zero-order valence-corrected chi connectivity index (χ0v) is 16.0. The van der Waals surface area contributed by atoms with Gasteiger partial charge in [0.1, 0.15) is 5.76 Å². The van der Waals surface area contributed by atoms with Gasteiger partial charge in [0.2, 0.25) is 5.91 Å². The van der Waals surface area contributed by atoms with Gasteiger partial charge in [-0.25, -0.2) is 4.79 Å². The molecule has 2 aromatic rings. The van der Waals surface area contributed by atoms with Gasteiger partial charge in [-0.1, -0.05) is 30.3 Å². The van der Waals surface area contributed by atoms with Crippen molar-refractivity contribution in [3.8, 4) is 0 Å². The summed E-state index contributed by atoms with van der Waals surface area (Å²) in [6.07, 6.45) is 5.34. The number of nitrogens with zero attached hydrogens (tertiary/aromatic N) is 1. The van der Waals surface area contributed by atoms with Gasteiger partial charge in [-0.05, 0) is 49.3 Å². The summed E-state index contributed by atoms with van der Waals surface area (Å²) in [7, 11) is 0. The monoisotopic (exact) mass is 381 g/mol. The van der Waals surface area contributed by atoms with E-state index in [-0.39, 0.29) is 23.9 Å². The molecule has 0 bridgehead atoms. The van der Waals surface area contributed by atoms with E-state index in [2.05, 4.69) is 22.8 Å². The van der Waals surface area contributed by atoms with Crippen LogP contribution in [0.2, 0.25) is 0 Å². The summed E-state index contributed by atoms with van der Waals surface area (Å²) in [6, 6.07) is 13.9. The fourth-order valence-corrected chi connectivity index (χ4v) is 3.87. The number of rotatable bonds is 6. The lowest BCUT2D eigenvalue weighted by Gasteiger charge is -2.32. The third kappa shape index (κ3) is 4.55. The molecule has 1 aliphatic heterocycles. The molecule has 1 atom stereocenters. The van der Waals surface area contributed by atoms with Crippen LogP contribution >= 0.6 is 0 Å². The van der Waals surface area contributed by atoms with Crippen LogP contribution in [0.3, 0.4) is 0 Å². The number of amides is 3. The van der Waals surface area contributed by atoms with E-state index in [1.807, 2.05) is 24.3 Å². The number of carbonyl (C=O) groups is 2. The van der Waals surface area contributed by atoms with Crippen molar-refractivity contribution in [1.82, 2.24) is 15.5 Å². The van der Waals surface area contributed by atoms with E-state index >= 15 is 0 Å². The SMILES string of the molecule is O=C(NC(c1ccccc1)C1CC1)C1CCN(C(=O)NCc2ccco2)CC1. The molecular formula is C22H27N3O3. The molecule has 2 N–H and O–H groups in total. The van der Waals surface area contributed by atoms with E-state index in [4.69, 9.17) is 4.42 Å². The molecule has 6 nitrogen and oxygen atoms in total. The lowest BCUT2D eigenvalue weighted by atomic mass is 9.94. The summed E-state index contributed by atoms with van der Waals surface area (Å²) in [5.41, 5.74) is 1.19. The molecule has 1 aromatic heterocycles. The second-order valence-electron chi connectivity index (χ2n) is 7.73. The Labute approximate surface area is 165 Å². The Morgan fingerprint density at radius 3 is 2.43 bits per heavy atom. The van der Waals surface area contributed by atoms with Crippen LogP contribution in [0.5, 0.6) is 0 Å². The Morgan fingerprint density at radius 1 is 1.04 bits per heavy atom. The number of carbonyl (C=O) groups excluding carboxylic acids is 2. The van der Waals surface area contributed by atoms with E-state index in [0.717, 1.165) is 5.76 Å². The molecule has 1 aliphatic carbocycles. The minimum Gasteiger partial charge on any atom is -0.467 e. The molecule has 1 saturated carbocycles. The predicted molar refractivity (Wildman–Crippen MR) is 105 cm³/mol. The molecular weight excluding hydrogens is 354 g/mol. The Kier molecular flexibility index (Phi) is 5.65. The summed E-state index contributed by atoms with van der Waals surface area (Å²) in [5, 5.41) is 6.15. The zero-order valence-electron chi connectivity index (χ0n) is 16.0. The van der Waals surface area contributed by atoms with Crippen LogP contribution in [0.1, 0.15) is 43.0 Å². The summed E-state index contributed by atoms with van der Waals surface area (Å²) < 4.78 is 5.23. The lowest BCUT2D eigenvalue weighted by Crippen LogP contribution is -2.47. The highest BCUT2D eigenvalue weighted by atomic mass is 16.3. The molecule has 2 aliphatic rings. The van der Waals surface area contributed by atoms with Gasteiger partial charge < -0.3 is 20.0 Å². The molecule has 0 radical (unpaired) electrons. The molecule has 3 amide bonds. The summed E-state index contributed by atoms with van der Waals surface area (Å²) in [5.74, 6) is 1.38. The Hall–Kier alpha value is -2.76. The van der Waals surface area contributed by atoms with Crippen LogP contribution in [-0.4, -0.2) is 29.9 Å². The van der Waals surface area contributed by atoms with Gasteiger partial charge in [-0.15, -0.1) is 0 Å². The first-order chi connectivity index (χ1) is 13.7. The Balaban J connectivity index is 1.26. The van der Waals surface area contributed by atoms with Gasteiger partial charge in [0.15, 0.2) is 0 Å². The first kappa shape index (κ1) is 18.6. The summed E-state index contributed by atoms with van der Waals surface area (Å²) >= 11 is 0. The van der Waals surface area contributed by atoms with Crippen LogP contribution < -0.4 is 10.6 Å². The maximum absolute atomic E-state index is 12.8. The van der Waals surface area contributed by atoms with Crippen molar-refractivity contribution >= 4 is 11.9 Å². The number of nitrogens with one attached hydrogen (secondary N) is 2. The number of urea groups is 1. The number of likely N-dealkylation sites (tertiary alicyclic amines) is 1. The normalized spacial score (nSPS) is 18.5. The lowest BCUT2D eigenvalue weighted by molar-refractivity contribution is -0.127. The van der Waals surface area contributed by atoms with Gasteiger partial charge >= 0.3 is 6.03 Å². The molecule has 6 heteroatoms. The first-order valence-corrected chi connectivity index (χ1v) is 10.1. The minimum absolute atomic E-state index is 0.0286. The van der Waals surface area contributed by atoms with Crippen molar-refractivity contribution in [2.45, 2.75) is 38.3 Å². The quantitative estimate of drug-likeness (QED) is 0.805. The smallest absolute Gasteiger partial charge is 0.317 e. The fraction of sp³-hybridized carbons (Fsp3) is 0.455. The van der Waals surface area contributed by atoms with E-state index < -0.39 is 0 Å². The number of furan rings is 1. The highest BCUT2D eigenvalue weighted by Crippen LogP contribution is 2.41. The second-order valence-corrected chi connectivity index (χ2v) is 7.73. The van der Waals surface area contributed by atoms with E-state index in [9.17, 15) is 9.59 Å². The zero-order chi connectivity index (χ0) is 19.3. The van der Waals surface area contributed by atoms with Crippen LogP contribution in [0, 0.1) is 11.8 Å². The summed E-state index contributed by atoms with van der Waals surface area (Å²) in [4.78, 5) is 26.9. The minimum atomic E-state index is -0.101. The maximum atomic E-state index is 12.8. The third-order valence-corrected chi connectivity index (χ3v) is 5.70. The van der Waals surface area contributed by atoms with Crippen molar-refractivity contribution in [1.29, 1.82) is 0 Å². The standard InChI is InChI=1S/C22H27N3O3/c26-21(24-20(17-8-9-17)16-5-2-1-3-6-16)18-10-12-25(13-11-18)22(27)23-15-19-7-4-14-28-19/h1-7,14,17-18,20H,8-13,15H2,(H,23,27)(H,24,26). The Morgan fingerprint density at radius 2 is 1.79 bits per heavy atom. The third-order valence-electron chi connectivity index (χ3n) is 5.70. The van der Waals surface area contributed by atoms with E-state index in [1.54, 1.807) is 17.2 Å². The van der Waals surface area contributed by atoms with Gasteiger partial charge in [0.25, 0.3) is 0 Å². The highest BCUT2D eigenvalue weighted by Gasteiger charge is 2.35. The average Bonchev–Trinajstić information content (AvgIpc) is 3.45. The van der Waals surface area contributed by atoms with Crippen molar-refractivity contribution in [2.24, 2.45) is 11.8 Å². The number of hydrogen-bond donors (Lipinski definition) is 2. The van der Waals surface area contributed by atoms with Gasteiger partial charge in [-0.3, -0.25) is 4.79 Å². The van der Waals surface area contributed by atoms with Crippen molar-refractivity contribution in [2.75, 3.05) is 13.1 Å². The van der Waals surface area contributed by atoms with Crippen molar-refractivity contribution in [3.05, 3.63) is 60.1 Å². The molecule has 148 valence electrons. The maximum Gasteiger partial charge on any atom is 0.317 e. The van der Waals surface area contributed by atoms with Crippen molar-refractivity contribution in [3.63, 3.8) is 0 Å². The van der Waals surface area contributed by atoms with E-state index in [0.29, 0.717) is 38.4 Å². The molecule has 2 heterocycles. The number of piperidine rings is 1. The average molecular weight is 381 g/mol. The highest BCUT2D eigenvalue weighted by molar-refractivity contribution is 5.80. The second kappa shape index (κ2) is 8.50. The topological polar surface area (TPSA) is 74.6 Å². The first-order valence-electron chi connectivity index (χ1n) is 10.1. The van der Waals surface area contributed by atoms with Crippen LogP contribution in [0.25, 0.3) is 0 Å². The van der Waals surface area contributed by atoms with Crippen LogP contribution in [-0.2, 0) is 11.3 Å². The molecule has 1 aromatic carbocycles. The number of benzene rings is 1. The molecule has 0 spiro atoms. The summed E-state index contributed by atoms with van der Waals surface area (Å²) in [6.45, 7) is 1.58. The largest absolute Gasteiger partial charge is 0.467 e. The van der Waals surface area contributed by atoms with Gasteiger partial charge in [-0.2, -0.15) is 0 Å². The van der Waals surface area contributed by atoms with Gasteiger partial charge in [0, 0.05) is 19.0 Å². The molecule has 1 unspecified atom stereocenters. The molecule has 28 heavy (non-hydrogen) atoms. The van der Waals surface area contributed by atoms with Gasteiger partial charge in [0.05, 0.1) is 18.8 Å². The Bertz CT molecular complexity index is 779. The van der Waals surface area contributed by atoms with Crippen LogP contribution in [0.4, 0.5) is 4.79 Å². The molecule has 2 fully saturated rings. The fourth-order valence-electron chi connectivity index (χ4n) is 3.87.